The Hall–Kier alpha value is -4.05. The summed E-state index contributed by atoms with van der Waals surface area (Å²) in [5.41, 5.74) is 3.74. The topological polar surface area (TPSA) is 40.5 Å². The maximum absolute atomic E-state index is 12.8. The average molecular weight is 407 g/mol. The molecule has 1 aliphatic rings. The summed E-state index contributed by atoms with van der Waals surface area (Å²) in [5, 5.41) is 1.08. The van der Waals surface area contributed by atoms with E-state index in [0.717, 1.165) is 22.0 Å². The van der Waals surface area contributed by atoms with E-state index >= 15 is 0 Å². The quantitative estimate of drug-likeness (QED) is 0.388. The number of hydrogen-bond acceptors (Lipinski definition) is 3. The molecule has 0 radical (unpaired) electrons. The zero-order valence-electron chi connectivity index (χ0n) is 17.1. The van der Waals surface area contributed by atoms with Crippen LogP contribution in [0.4, 0.5) is 0 Å². The minimum atomic E-state index is -0.113. The molecule has 0 atom stereocenters. The highest BCUT2D eigenvalue weighted by molar-refractivity contribution is 6.15. The standard InChI is InChI=1S/C27H21NO3/c1-28-18-20(22-11-5-6-12-24(22)28)16-26-27(29)23-14-13-21(17-25(23)31-26)30-15-7-10-19-8-3-2-4-9-19/h2-14,16-18H,15H2,1H3. The first kappa shape index (κ1) is 18.9. The number of Topliss-reactive ketones (excluding diaryl/α,β-unsaturated/α-hetero) is 1. The van der Waals surface area contributed by atoms with Crippen molar-refractivity contribution in [1.82, 2.24) is 4.57 Å². The van der Waals surface area contributed by atoms with E-state index in [1.54, 1.807) is 18.2 Å². The largest absolute Gasteiger partial charge is 0.489 e. The highest BCUT2D eigenvalue weighted by atomic mass is 16.5. The van der Waals surface area contributed by atoms with Gasteiger partial charge in [-0.05, 0) is 35.9 Å². The van der Waals surface area contributed by atoms with Gasteiger partial charge in [0.2, 0.25) is 5.78 Å². The van der Waals surface area contributed by atoms with E-state index in [-0.39, 0.29) is 5.78 Å². The van der Waals surface area contributed by atoms with Crippen molar-refractivity contribution in [3.63, 3.8) is 0 Å². The number of para-hydroxylation sites is 1. The van der Waals surface area contributed by atoms with Gasteiger partial charge in [0, 0.05) is 35.8 Å². The molecule has 0 aliphatic carbocycles. The first-order valence-corrected chi connectivity index (χ1v) is 10.2. The van der Waals surface area contributed by atoms with Crippen molar-refractivity contribution in [3.05, 3.63) is 108 Å². The SMILES string of the molecule is Cn1cc(C=C2Oc3cc(OCC=Cc4ccccc4)ccc3C2=O)c2ccccc21. The Balaban J connectivity index is 1.33. The molecule has 0 N–H and O–H groups in total. The number of aryl methyl sites for hydroxylation is 1. The third-order valence-corrected chi connectivity index (χ3v) is 5.31. The predicted molar refractivity (Wildman–Crippen MR) is 123 cm³/mol. The van der Waals surface area contributed by atoms with Crippen molar-refractivity contribution in [2.45, 2.75) is 0 Å². The van der Waals surface area contributed by atoms with Crippen molar-refractivity contribution >= 4 is 28.8 Å². The fraction of sp³-hybridized carbons (Fsp3) is 0.0741. The number of hydrogen-bond donors (Lipinski definition) is 0. The Morgan fingerprint density at radius 2 is 1.81 bits per heavy atom. The number of fused-ring (bicyclic) bond motifs is 2. The normalized spacial score (nSPS) is 14.4. The van der Waals surface area contributed by atoms with Crippen LogP contribution in [0.1, 0.15) is 21.5 Å². The third kappa shape index (κ3) is 3.76. The molecular weight excluding hydrogens is 386 g/mol. The van der Waals surface area contributed by atoms with E-state index in [1.165, 1.54) is 0 Å². The summed E-state index contributed by atoms with van der Waals surface area (Å²) >= 11 is 0. The van der Waals surface area contributed by atoms with Crippen molar-refractivity contribution in [3.8, 4) is 11.5 Å². The monoisotopic (exact) mass is 407 g/mol. The molecular formula is C27H21NO3. The van der Waals surface area contributed by atoms with Crippen LogP contribution >= 0.6 is 0 Å². The summed E-state index contributed by atoms with van der Waals surface area (Å²) < 4.78 is 13.7. The summed E-state index contributed by atoms with van der Waals surface area (Å²) in [5.74, 6) is 1.41. The van der Waals surface area contributed by atoms with Crippen LogP contribution in [-0.4, -0.2) is 17.0 Å². The lowest BCUT2D eigenvalue weighted by molar-refractivity contribution is 0.101. The fourth-order valence-electron chi connectivity index (χ4n) is 3.78. The predicted octanol–water partition coefficient (Wildman–Crippen LogP) is 5.89. The Morgan fingerprint density at radius 1 is 1.00 bits per heavy atom. The Kier molecular flexibility index (Phi) is 4.89. The number of benzene rings is 3. The van der Waals surface area contributed by atoms with Gasteiger partial charge in [0.05, 0.1) is 5.56 Å². The van der Waals surface area contributed by atoms with Crippen molar-refractivity contribution in [2.24, 2.45) is 7.05 Å². The molecule has 0 bridgehead atoms. The molecule has 0 saturated heterocycles. The number of nitrogens with zero attached hydrogens (tertiary/aromatic N) is 1. The van der Waals surface area contributed by atoms with Crippen LogP contribution in [0.15, 0.2) is 90.8 Å². The fourth-order valence-corrected chi connectivity index (χ4v) is 3.78. The van der Waals surface area contributed by atoms with Gasteiger partial charge in [-0.25, -0.2) is 0 Å². The smallest absolute Gasteiger partial charge is 0.231 e. The van der Waals surface area contributed by atoms with E-state index < -0.39 is 0 Å². The summed E-state index contributed by atoms with van der Waals surface area (Å²) in [6.07, 6.45) is 7.79. The molecule has 31 heavy (non-hydrogen) atoms. The minimum absolute atomic E-state index is 0.113. The first-order chi connectivity index (χ1) is 15.2. The Bertz CT molecular complexity index is 1330. The highest BCUT2D eigenvalue weighted by Gasteiger charge is 2.28. The van der Waals surface area contributed by atoms with E-state index in [0.29, 0.717) is 29.4 Å². The number of ether oxygens (including phenoxy) is 2. The van der Waals surface area contributed by atoms with Gasteiger partial charge >= 0.3 is 0 Å². The lowest BCUT2D eigenvalue weighted by atomic mass is 10.1. The van der Waals surface area contributed by atoms with Crippen molar-refractivity contribution < 1.29 is 14.3 Å². The van der Waals surface area contributed by atoms with Gasteiger partial charge < -0.3 is 14.0 Å². The maximum Gasteiger partial charge on any atom is 0.231 e. The molecule has 0 saturated carbocycles. The molecule has 4 aromatic rings. The van der Waals surface area contributed by atoms with Gasteiger partial charge in [0.25, 0.3) is 0 Å². The summed E-state index contributed by atoms with van der Waals surface area (Å²) in [6, 6.07) is 23.5. The lowest BCUT2D eigenvalue weighted by Crippen LogP contribution is -1.97. The van der Waals surface area contributed by atoms with Crippen LogP contribution in [0.5, 0.6) is 11.5 Å². The molecule has 152 valence electrons. The zero-order valence-corrected chi connectivity index (χ0v) is 17.1. The van der Waals surface area contributed by atoms with Gasteiger partial charge in [-0.1, -0.05) is 54.6 Å². The van der Waals surface area contributed by atoms with Crippen LogP contribution in [0, 0.1) is 0 Å². The second-order valence-electron chi connectivity index (χ2n) is 7.43. The molecule has 4 heteroatoms. The highest BCUT2D eigenvalue weighted by Crippen LogP contribution is 2.35. The average Bonchev–Trinajstić information content (AvgIpc) is 3.28. The third-order valence-electron chi connectivity index (χ3n) is 5.31. The molecule has 5 rings (SSSR count). The van der Waals surface area contributed by atoms with Gasteiger partial charge in [0.15, 0.2) is 5.76 Å². The number of allylic oxidation sites excluding steroid dienone is 1. The van der Waals surface area contributed by atoms with Crippen LogP contribution in [-0.2, 0) is 7.05 Å². The lowest BCUT2D eigenvalue weighted by Gasteiger charge is -2.04. The molecule has 0 spiro atoms. The first-order valence-electron chi connectivity index (χ1n) is 10.2. The van der Waals surface area contributed by atoms with E-state index in [1.807, 2.05) is 84.6 Å². The van der Waals surface area contributed by atoms with Crippen LogP contribution in [0.25, 0.3) is 23.1 Å². The van der Waals surface area contributed by atoms with Gasteiger partial charge in [-0.15, -0.1) is 0 Å². The second-order valence-corrected chi connectivity index (χ2v) is 7.43. The van der Waals surface area contributed by atoms with E-state index in [9.17, 15) is 4.79 Å². The maximum atomic E-state index is 12.8. The zero-order chi connectivity index (χ0) is 21.2. The molecule has 2 heterocycles. The summed E-state index contributed by atoms with van der Waals surface area (Å²) in [6.45, 7) is 0.431. The van der Waals surface area contributed by atoms with Crippen LogP contribution < -0.4 is 9.47 Å². The molecule has 4 nitrogen and oxygen atoms in total. The molecule has 1 aliphatic heterocycles. The van der Waals surface area contributed by atoms with Gasteiger partial charge in [-0.3, -0.25) is 4.79 Å². The number of rotatable bonds is 5. The summed E-state index contributed by atoms with van der Waals surface area (Å²) in [7, 11) is 1.99. The molecule has 0 fully saturated rings. The van der Waals surface area contributed by atoms with Gasteiger partial charge in [0.1, 0.15) is 18.1 Å². The Morgan fingerprint density at radius 3 is 2.68 bits per heavy atom. The number of ketones is 1. The summed E-state index contributed by atoms with van der Waals surface area (Å²) in [4.78, 5) is 12.8. The van der Waals surface area contributed by atoms with Crippen LogP contribution in [0.2, 0.25) is 0 Å². The molecule has 3 aromatic carbocycles. The van der Waals surface area contributed by atoms with Gasteiger partial charge in [-0.2, -0.15) is 0 Å². The van der Waals surface area contributed by atoms with E-state index in [4.69, 9.17) is 9.47 Å². The Labute approximate surface area is 180 Å². The number of carbonyl (C=O) groups excluding carboxylic acids is 1. The molecule has 0 amide bonds. The molecule has 0 unspecified atom stereocenters. The van der Waals surface area contributed by atoms with E-state index in [2.05, 4.69) is 6.07 Å². The molecule has 1 aromatic heterocycles. The number of aromatic nitrogens is 1. The van der Waals surface area contributed by atoms with Crippen molar-refractivity contribution in [2.75, 3.05) is 6.61 Å². The minimum Gasteiger partial charge on any atom is -0.489 e. The number of carbonyl (C=O) groups is 1. The van der Waals surface area contributed by atoms with Crippen molar-refractivity contribution in [1.29, 1.82) is 0 Å². The second kappa shape index (κ2) is 8.00. The van der Waals surface area contributed by atoms with Crippen LogP contribution in [0.3, 0.4) is 0 Å².